The van der Waals surface area contributed by atoms with E-state index in [9.17, 15) is 48.6 Å². The number of H-pyrrole nitrogens is 1. The van der Waals surface area contributed by atoms with Gasteiger partial charge in [0.25, 0.3) is 0 Å². The summed E-state index contributed by atoms with van der Waals surface area (Å²) >= 11 is 0. The summed E-state index contributed by atoms with van der Waals surface area (Å²) in [5.41, 5.74) is 20.5. The maximum Gasteiger partial charge on any atom is 0.246 e. The number of primary amides is 1. The Hall–Kier alpha value is -6.50. The van der Waals surface area contributed by atoms with Crippen molar-refractivity contribution in [3.63, 3.8) is 0 Å². The van der Waals surface area contributed by atoms with Crippen molar-refractivity contribution in [1.82, 2.24) is 41.8 Å². The maximum absolute atomic E-state index is 14.8. The number of nitrogens with two attached hydrogens (primary N) is 3. The fourth-order valence-corrected chi connectivity index (χ4v) is 10.6. The molecule has 23 heteroatoms. The molecule has 3 unspecified atom stereocenters. The molecule has 8 amide bonds. The van der Waals surface area contributed by atoms with Crippen LogP contribution in [-0.2, 0) is 57.6 Å². The molecule has 394 valence electrons. The van der Waals surface area contributed by atoms with E-state index in [0.717, 1.165) is 43.0 Å². The molecular formula is C50H67N11O10S2. The summed E-state index contributed by atoms with van der Waals surface area (Å²) in [6.45, 7) is 2.74. The number of aliphatic hydroxyl groups is 2. The molecule has 1 fully saturated rings. The minimum atomic E-state index is -1.71. The quantitative estimate of drug-likeness (QED) is 0.0448. The van der Waals surface area contributed by atoms with Gasteiger partial charge in [-0.25, -0.2) is 0 Å². The number of amides is 8. The third-order valence-corrected chi connectivity index (χ3v) is 14.7. The summed E-state index contributed by atoms with van der Waals surface area (Å²) in [6, 6.07) is 13.8. The van der Waals surface area contributed by atoms with Gasteiger partial charge in [0, 0.05) is 48.5 Å². The van der Waals surface area contributed by atoms with Gasteiger partial charge in [0.1, 0.15) is 42.3 Å². The summed E-state index contributed by atoms with van der Waals surface area (Å²) in [4.78, 5) is 117. The molecule has 0 radical (unpaired) electrons. The van der Waals surface area contributed by atoms with E-state index in [1.54, 1.807) is 60.8 Å². The number of aromatic amines is 1. The van der Waals surface area contributed by atoms with Crippen molar-refractivity contribution in [2.45, 2.75) is 113 Å². The van der Waals surface area contributed by atoms with Gasteiger partial charge in [0.15, 0.2) is 0 Å². The number of benzene rings is 3. The lowest BCUT2D eigenvalue weighted by Gasteiger charge is -2.32. The Balaban J connectivity index is 1.59. The zero-order valence-electron chi connectivity index (χ0n) is 41.0. The van der Waals surface area contributed by atoms with Crippen molar-refractivity contribution in [2.24, 2.45) is 17.2 Å². The van der Waals surface area contributed by atoms with Gasteiger partial charge in [-0.2, -0.15) is 0 Å². The molecule has 73 heavy (non-hydrogen) atoms. The molecule has 0 aliphatic carbocycles. The number of likely N-dealkylation sites (N-methyl/N-ethyl adjacent to an activating group) is 1. The van der Waals surface area contributed by atoms with Crippen LogP contribution in [0.3, 0.4) is 0 Å². The summed E-state index contributed by atoms with van der Waals surface area (Å²) in [5, 5.41) is 38.3. The molecule has 0 bridgehead atoms. The van der Waals surface area contributed by atoms with Gasteiger partial charge in [-0.3, -0.25) is 38.4 Å². The van der Waals surface area contributed by atoms with Crippen molar-refractivity contribution in [1.29, 1.82) is 0 Å². The van der Waals surface area contributed by atoms with Gasteiger partial charge >= 0.3 is 0 Å². The Kier molecular flexibility index (Phi) is 22.1. The summed E-state index contributed by atoms with van der Waals surface area (Å²) in [6.07, 6.45) is -0.537. The smallest absolute Gasteiger partial charge is 0.246 e. The first-order valence-electron chi connectivity index (χ1n) is 24.0. The molecule has 0 saturated carbocycles. The number of rotatable bonds is 17. The van der Waals surface area contributed by atoms with Gasteiger partial charge in [-0.05, 0) is 68.8 Å². The summed E-state index contributed by atoms with van der Waals surface area (Å²) < 4.78 is 0. The first-order chi connectivity index (χ1) is 34.9. The van der Waals surface area contributed by atoms with Crippen LogP contribution in [0.25, 0.3) is 10.9 Å². The van der Waals surface area contributed by atoms with Crippen LogP contribution in [-0.4, -0.2) is 153 Å². The molecule has 1 saturated heterocycles. The predicted octanol–water partition coefficient (Wildman–Crippen LogP) is -0.970. The number of unbranched alkanes of at least 4 members (excludes halogenated alkanes) is 1. The molecule has 1 aliphatic rings. The van der Waals surface area contributed by atoms with E-state index < -0.39 is 108 Å². The van der Waals surface area contributed by atoms with Crippen LogP contribution in [0.2, 0.25) is 0 Å². The second kappa shape index (κ2) is 28.1. The minimum Gasteiger partial charge on any atom is -0.391 e. The Morgan fingerprint density at radius 1 is 0.726 bits per heavy atom. The van der Waals surface area contributed by atoms with E-state index in [0.29, 0.717) is 24.0 Å². The van der Waals surface area contributed by atoms with E-state index in [2.05, 4.69) is 36.9 Å². The lowest BCUT2D eigenvalue weighted by Crippen LogP contribution is -2.63. The second-order valence-corrected chi connectivity index (χ2v) is 20.5. The zero-order valence-corrected chi connectivity index (χ0v) is 42.6. The van der Waals surface area contributed by atoms with E-state index >= 15 is 0 Å². The van der Waals surface area contributed by atoms with Crippen LogP contribution in [0.15, 0.2) is 91.1 Å². The number of hydrogen-bond donors (Lipinski definition) is 12. The van der Waals surface area contributed by atoms with Crippen LogP contribution in [0.4, 0.5) is 0 Å². The van der Waals surface area contributed by atoms with Crippen molar-refractivity contribution in [3.8, 4) is 0 Å². The number of carbonyl (C=O) groups excluding carboxylic acids is 8. The van der Waals surface area contributed by atoms with E-state index in [-0.39, 0.29) is 43.7 Å². The molecule has 1 aromatic heterocycles. The Labute approximate surface area is 431 Å². The highest BCUT2D eigenvalue weighted by atomic mass is 33.1. The molecule has 0 spiro atoms. The van der Waals surface area contributed by atoms with Crippen LogP contribution in [0, 0.1) is 0 Å². The fraction of sp³-hybridized carbons (Fsp3) is 0.440. The number of aromatic nitrogens is 1. The molecule has 21 nitrogen and oxygen atoms in total. The maximum atomic E-state index is 14.8. The highest BCUT2D eigenvalue weighted by Gasteiger charge is 2.38. The third-order valence-electron chi connectivity index (χ3n) is 12.2. The lowest BCUT2D eigenvalue weighted by atomic mass is 10.0. The molecule has 5 rings (SSSR count). The highest BCUT2D eigenvalue weighted by molar-refractivity contribution is 8.76. The topological polar surface area (TPSA) is 346 Å². The van der Waals surface area contributed by atoms with Crippen LogP contribution < -0.4 is 49.1 Å². The predicted molar refractivity (Wildman–Crippen MR) is 279 cm³/mol. The van der Waals surface area contributed by atoms with E-state index in [4.69, 9.17) is 17.2 Å². The molecule has 2 heterocycles. The van der Waals surface area contributed by atoms with Crippen LogP contribution in [0.5, 0.6) is 0 Å². The molecular weight excluding hydrogens is 979 g/mol. The first-order valence-corrected chi connectivity index (χ1v) is 26.4. The summed E-state index contributed by atoms with van der Waals surface area (Å²) in [5.74, 6) is -7.35. The molecule has 1 aliphatic heterocycles. The highest BCUT2D eigenvalue weighted by Crippen LogP contribution is 2.25. The number of para-hydroxylation sites is 1. The molecule has 10 atom stereocenters. The van der Waals surface area contributed by atoms with E-state index in [1.807, 2.05) is 30.3 Å². The fourth-order valence-electron chi connectivity index (χ4n) is 8.25. The minimum absolute atomic E-state index is 0.0130. The van der Waals surface area contributed by atoms with Gasteiger partial charge in [-0.15, -0.1) is 0 Å². The summed E-state index contributed by atoms with van der Waals surface area (Å²) in [7, 11) is 3.19. The molecule has 15 N–H and O–H groups in total. The van der Waals surface area contributed by atoms with Crippen molar-refractivity contribution >= 4 is 79.7 Å². The monoisotopic (exact) mass is 1050 g/mol. The van der Waals surface area contributed by atoms with Gasteiger partial charge < -0.3 is 69.2 Å². The number of nitrogens with zero attached hydrogens (tertiary/aromatic N) is 1. The average Bonchev–Trinajstić information content (AvgIpc) is 3.77. The second-order valence-electron chi connectivity index (χ2n) is 18.0. The number of nitrogens with one attached hydrogen (secondary N) is 7. The first kappa shape index (κ1) is 57.4. The van der Waals surface area contributed by atoms with E-state index in [1.165, 1.54) is 20.9 Å². The third kappa shape index (κ3) is 16.8. The zero-order chi connectivity index (χ0) is 53.2. The number of fused-ring (bicyclic) bond motifs is 1. The van der Waals surface area contributed by atoms with Crippen LogP contribution in [0.1, 0.15) is 49.8 Å². The Bertz CT molecular complexity index is 2520. The normalized spacial score (nSPS) is 22.5. The van der Waals surface area contributed by atoms with Crippen molar-refractivity contribution in [2.75, 3.05) is 25.1 Å². The number of hydrogen-bond acceptors (Lipinski definition) is 14. The van der Waals surface area contributed by atoms with Crippen molar-refractivity contribution < 1.29 is 48.6 Å². The SMILES string of the molecule is C[C@@H](O)C1NC(=O)[C@H](CCCCN)NC(=O)[C@@H](Cc2c[nH]c3ccccc23)NC(=O)C(Cc2ccccc2)NC(=O)[C@@H](NC(=O)[C@H](N)Cc2ccccc2)CSSCC(C(=O)N(C)[C@H](C(N)=O)[C@@H](C)O)NC1=O. The van der Waals surface area contributed by atoms with Crippen LogP contribution >= 0.6 is 21.6 Å². The van der Waals surface area contributed by atoms with Gasteiger partial charge in [0.2, 0.25) is 47.3 Å². The molecule has 4 aromatic rings. The largest absolute Gasteiger partial charge is 0.391 e. The Morgan fingerprint density at radius 3 is 1.93 bits per heavy atom. The number of aliphatic hydroxyl groups excluding tert-OH is 2. The average molecular weight is 1050 g/mol. The Morgan fingerprint density at radius 2 is 1.30 bits per heavy atom. The molecule has 3 aromatic carbocycles. The van der Waals surface area contributed by atoms with Crippen molar-refractivity contribution in [3.05, 3.63) is 108 Å². The lowest BCUT2D eigenvalue weighted by molar-refractivity contribution is -0.144. The van der Waals surface area contributed by atoms with Gasteiger partial charge in [0.05, 0.1) is 18.2 Å². The number of carbonyl (C=O) groups is 8. The van der Waals surface area contributed by atoms with Gasteiger partial charge in [-0.1, -0.05) is 100 Å². The standard InChI is InChI=1S/C50H67N11O10S2/c1-28(62)41-49(70)59-40(50(71)61(3)42(29(2)63)43(53)64)27-73-72-26-39(58-44(65)34(52)22-30-14-6-4-7-15-30)48(69)56-37(23-31-16-8-5-9-17-31)46(67)57-38(24-32-25-54-35-19-11-10-18-33(32)35)47(68)55-36(45(66)60-41)20-12-13-21-51/h4-11,14-19,25,28-29,34,36-42,54,62-63H,12-13,20-24,26-27,51-52H2,1-3H3,(H2,53,64)(H,55,68)(H,56,69)(H,57,67)(H,58,65)(H,59,70)(H,60,66)/t28-,29-,34-,36+,37?,38-,39+,40?,41?,42+/m1/s1.